The minimum Gasteiger partial charge on any atom is -0.349 e. The Labute approximate surface area is 114 Å². The van der Waals surface area contributed by atoms with Crippen molar-refractivity contribution in [1.29, 1.82) is 0 Å². The normalized spacial score (nSPS) is 23.1. The summed E-state index contributed by atoms with van der Waals surface area (Å²) in [5.74, 6) is -0.171. The van der Waals surface area contributed by atoms with Crippen LogP contribution < -0.4 is 5.32 Å². The standard InChI is InChI=1S/C16H22FNO/c1-3-12-6-4-5-7-15(12)18-16(19)13-9-8-11(2)10-14(13)17/h8-10,12,15H,3-7H2,1-2H3,(H,18,19). The molecule has 2 atom stereocenters. The monoisotopic (exact) mass is 263 g/mol. The van der Waals surface area contributed by atoms with Crippen molar-refractivity contribution in [2.75, 3.05) is 0 Å². The van der Waals surface area contributed by atoms with Crippen molar-refractivity contribution in [2.45, 2.75) is 52.0 Å². The number of nitrogens with one attached hydrogen (secondary N) is 1. The van der Waals surface area contributed by atoms with Gasteiger partial charge in [-0.15, -0.1) is 0 Å². The summed E-state index contributed by atoms with van der Waals surface area (Å²) in [5, 5.41) is 3.02. The van der Waals surface area contributed by atoms with Gasteiger partial charge in [0.2, 0.25) is 0 Å². The van der Waals surface area contributed by atoms with Crippen LogP contribution in [0.25, 0.3) is 0 Å². The first kappa shape index (κ1) is 14.0. The van der Waals surface area contributed by atoms with Gasteiger partial charge in [0.25, 0.3) is 5.91 Å². The Bertz CT molecular complexity index is 458. The van der Waals surface area contributed by atoms with Crippen LogP contribution in [0.1, 0.15) is 54.9 Å². The van der Waals surface area contributed by atoms with E-state index in [1.54, 1.807) is 12.1 Å². The highest BCUT2D eigenvalue weighted by Crippen LogP contribution is 2.27. The van der Waals surface area contributed by atoms with Crippen molar-refractivity contribution < 1.29 is 9.18 Å². The maximum atomic E-state index is 13.8. The van der Waals surface area contributed by atoms with E-state index in [4.69, 9.17) is 0 Å². The lowest BCUT2D eigenvalue weighted by Crippen LogP contribution is -2.42. The van der Waals surface area contributed by atoms with Crippen LogP contribution >= 0.6 is 0 Å². The van der Waals surface area contributed by atoms with E-state index in [1.165, 1.54) is 12.5 Å². The second-order valence-corrected chi connectivity index (χ2v) is 5.52. The van der Waals surface area contributed by atoms with E-state index in [0.717, 1.165) is 31.2 Å². The van der Waals surface area contributed by atoms with E-state index in [2.05, 4.69) is 12.2 Å². The van der Waals surface area contributed by atoms with E-state index in [9.17, 15) is 9.18 Å². The Kier molecular flexibility index (Phi) is 4.56. The molecule has 104 valence electrons. The van der Waals surface area contributed by atoms with Crippen molar-refractivity contribution in [2.24, 2.45) is 5.92 Å². The highest BCUT2D eigenvalue weighted by Gasteiger charge is 2.26. The first-order valence-electron chi connectivity index (χ1n) is 7.19. The predicted molar refractivity (Wildman–Crippen MR) is 74.6 cm³/mol. The van der Waals surface area contributed by atoms with Crippen molar-refractivity contribution in [3.63, 3.8) is 0 Å². The van der Waals surface area contributed by atoms with Gasteiger partial charge in [-0.3, -0.25) is 4.79 Å². The lowest BCUT2D eigenvalue weighted by Gasteiger charge is -2.31. The molecule has 0 aromatic heterocycles. The van der Waals surface area contributed by atoms with Crippen LogP contribution in [0, 0.1) is 18.7 Å². The predicted octanol–water partition coefficient (Wildman–Crippen LogP) is 3.83. The number of halogens is 1. The van der Waals surface area contributed by atoms with Crippen LogP contribution in [0.5, 0.6) is 0 Å². The van der Waals surface area contributed by atoms with Gasteiger partial charge in [-0.25, -0.2) is 4.39 Å². The molecule has 0 aliphatic heterocycles. The third kappa shape index (κ3) is 3.34. The maximum Gasteiger partial charge on any atom is 0.254 e. The number of carbonyl (C=O) groups is 1. The molecule has 1 aliphatic carbocycles. The first-order chi connectivity index (χ1) is 9.11. The number of hydrogen-bond acceptors (Lipinski definition) is 1. The number of amides is 1. The van der Waals surface area contributed by atoms with Gasteiger partial charge in [0.15, 0.2) is 0 Å². The molecule has 0 bridgehead atoms. The number of rotatable bonds is 3. The highest BCUT2D eigenvalue weighted by atomic mass is 19.1. The molecule has 1 fully saturated rings. The van der Waals surface area contributed by atoms with E-state index in [0.29, 0.717) is 5.92 Å². The van der Waals surface area contributed by atoms with Crippen molar-refractivity contribution in [3.05, 3.63) is 35.1 Å². The number of carbonyl (C=O) groups excluding carboxylic acids is 1. The van der Waals surface area contributed by atoms with Gasteiger partial charge in [-0.05, 0) is 43.4 Å². The fourth-order valence-corrected chi connectivity index (χ4v) is 2.94. The first-order valence-corrected chi connectivity index (χ1v) is 7.19. The van der Waals surface area contributed by atoms with Crippen LogP contribution in [-0.4, -0.2) is 11.9 Å². The molecule has 3 heteroatoms. The summed E-state index contributed by atoms with van der Waals surface area (Å²) in [5.41, 5.74) is 0.990. The van der Waals surface area contributed by atoms with Gasteiger partial charge in [-0.2, -0.15) is 0 Å². The van der Waals surface area contributed by atoms with Crippen LogP contribution in [0.15, 0.2) is 18.2 Å². The largest absolute Gasteiger partial charge is 0.349 e. The van der Waals surface area contributed by atoms with Crippen LogP contribution in [-0.2, 0) is 0 Å². The Balaban J connectivity index is 2.07. The Morgan fingerprint density at radius 2 is 2.11 bits per heavy atom. The fraction of sp³-hybridized carbons (Fsp3) is 0.562. The molecular formula is C16H22FNO. The third-order valence-corrected chi connectivity index (χ3v) is 4.12. The summed E-state index contributed by atoms with van der Waals surface area (Å²) >= 11 is 0. The van der Waals surface area contributed by atoms with Gasteiger partial charge in [0, 0.05) is 6.04 Å². The smallest absolute Gasteiger partial charge is 0.254 e. The van der Waals surface area contributed by atoms with Crippen molar-refractivity contribution in [3.8, 4) is 0 Å². The van der Waals surface area contributed by atoms with Crippen LogP contribution in [0.2, 0.25) is 0 Å². The van der Waals surface area contributed by atoms with Gasteiger partial charge in [-0.1, -0.05) is 32.3 Å². The highest BCUT2D eigenvalue weighted by molar-refractivity contribution is 5.94. The van der Waals surface area contributed by atoms with Crippen molar-refractivity contribution >= 4 is 5.91 Å². The SMILES string of the molecule is CCC1CCCCC1NC(=O)c1ccc(C)cc1F. The van der Waals surface area contributed by atoms with Crippen LogP contribution in [0.3, 0.4) is 0 Å². The molecule has 1 aromatic carbocycles. The quantitative estimate of drug-likeness (QED) is 0.882. The molecule has 1 amide bonds. The lowest BCUT2D eigenvalue weighted by molar-refractivity contribution is 0.0900. The van der Waals surface area contributed by atoms with Crippen LogP contribution in [0.4, 0.5) is 4.39 Å². The zero-order valence-corrected chi connectivity index (χ0v) is 11.7. The molecular weight excluding hydrogens is 241 g/mol. The maximum absolute atomic E-state index is 13.8. The molecule has 2 nitrogen and oxygen atoms in total. The fourth-order valence-electron chi connectivity index (χ4n) is 2.94. The molecule has 2 unspecified atom stereocenters. The molecule has 1 aromatic rings. The summed E-state index contributed by atoms with van der Waals surface area (Å²) in [6.45, 7) is 3.97. The molecule has 1 saturated carbocycles. The molecule has 19 heavy (non-hydrogen) atoms. The molecule has 2 rings (SSSR count). The van der Waals surface area contributed by atoms with E-state index < -0.39 is 5.82 Å². The summed E-state index contributed by atoms with van der Waals surface area (Å²) < 4.78 is 13.8. The number of benzene rings is 1. The third-order valence-electron chi connectivity index (χ3n) is 4.12. The molecule has 1 aliphatic rings. The minimum absolute atomic E-state index is 0.158. The average molecular weight is 263 g/mol. The van der Waals surface area contributed by atoms with E-state index >= 15 is 0 Å². The minimum atomic E-state index is -0.429. The second kappa shape index (κ2) is 6.18. The Hall–Kier alpha value is -1.38. The Morgan fingerprint density at radius 3 is 2.79 bits per heavy atom. The van der Waals surface area contributed by atoms with Gasteiger partial charge < -0.3 is 5.32 Å². The van der Waals surface area contributed by atoms with Gasteiger partial charge in [0.1, 0.15) is 5.82 Å². The zero-order chi connectivity index (χ0) is 13.8. The summed E-state index contributed by atoms with van der Waals surface area (Å²) in [6, 6.07) is 4.96. The second-order valence-electron chi connectivity index (χ2n) is 5.52. The summed E-state index contributed by atoms with van der Waals surface area (Å²) in [4.78, 5) is 12.2. The summed E-state index contributed by atoms with van der Waals surface area (Å²) in [6.07, 6.45) is 5.64. The molecule has 1 N–H and O–H groups in total. The lowest BCUT2D eigenvalue weighted by atomic mass is 9.83. The van der Waals surface area contributed by atoms with Crippen molar-refractivity contribution in [1.82, 2.24) is 5.32 Å². The molecule has 0 saturated heterocycles. The van der Waals surface area contributed by atoms with Gasteiger partial charge >= 0.3 is 0 Å². The average Bonchev–Trinajstić information content (AvgIpc) is 2.39. The number of aryl methyl sites for hydroxylation is 1. The number of hydrogen-bond donors (Lipinski definition) is 1. The topological polar surface area (TPSA) is 29.1 Å². The van der Waals surface area contributed by atoms with Gasteiger partial charge in [0.05, 0.1) is 5.56 Å². The molecule has 0 heterocycles. The van der Waals surface area contributed by atoms with E-state index in [1.807, 2.05) is 6.92 Å². The molecule has 0 spiro atoms. The summed E-state index contributed by atoms with van der Waals surface area (Å²) in [7, 11) is 0. The Morgan fingerprint density at radius 1 is 1.37 bits per heavy atom. The molecule has 0 radical (unpaired) electrons. The zero-order valence-electron chi connectivity index (χ0n) is 11.7. The van der Waals surface area contributed by atoms with E-state index in [-0.39, 0.29) is 17.5 Å².